The molecule has 1 atom stereocenters. The molecule has 0 saturated carbocycles. The minimum atomic E-state index is -3.85. The van der Waals surface area contributed by atoms with Crippen LogP contribution < -0.4 is 10.0 Å². The van der Waals surface area contributed by atoms with Gasteiger partial charge in [-0.15, -0.1) is 0 Å². The maximum atomic E-state index is 12.2. The highest BCUT2D eigenvalue weighted by molar-refractivity contribution is 7.89. The first kappa shape index (κ1) is 17.8. The Labute approximate surface area is 128 Å². The molecule has 7 nitrogen and oxygen atoms in total. The predicted molar refractivity (Wildman–Crippen MR) is 81.2 cm³/mol. The van der Waals surface area contributed by atoms with Crippen LogP contribution >= 0.6 is 11.6 Å². The van der Waals surface area contributed by atoms with Crippen LogP contribution in [0.4, 0.5) is 5.69 Å². The van der Waals surface area contributed by atoms with Gasteiger partial charge < -0.3 is 5.32 Å². The normalized spacial score (nSPS) is 13.1. The van der Waals surface area contributed by atoms with E-state index >= 15 is 0 Å². The molecule has 21 heavy (non-hydrogen) atoms. The number of hydrogen-bond acceptors (Lipinski definition) is 5. The second-order valence-electron chi connectivity index (χ2n) is 4.62. The van der Waals surface area contributed by atoms with Gasteiger partial charge in [-0.3, -0.25) is 10.1 Å². The van der Waals surface area contributed by atoms with E-state index in [-0.39, 0.29) is 33.8 Å². The zero-order chi connectivity index (χ0) is 16.2. The smallest absolute Gasteiger partial charge is 0.275 e. The summed E-state index contributed by atoms with van der Waals surface area (Å²) in [6.07, 6.45) is 0. The van der Waals surface area contributed by atoms with E-state index in [9.17, 15) is 18.5 Å². The quantitative estimate of drug-likeness (QED) is 0.584. The van der Waals surface area contributed by atoms with Crippen LogP contribution in [0, 0.1) is 17.0 Å². The Morgan fingerprint density at radius 1 is 1.43 bits per heavy atom. The lowest BCUT2D eigenvalue weighted by atomic mass is 10.2. The molecule has 118 valence electrons. The number of rotatable bonds is 7. The summed E-state index contributed by atoms with van der Waals surface area (Å²) in [5.74, 6) is 0. The Morgan fingerprint density at radius 2 is 2.05 bits per heavy atom. The van der Waals surface area contributed by atoms with E-state index in [1.807, 2.05) is 13.8 Å². The topological polar surface area (TPSA) is 101 Å². The van der Waals surface area contributed by atoms with Crippen LogP contribution in [0.25, 0.3) is 0 Å². The van der Waals surface area contributed by atoms with Crippen molar-refractivity contribution < 1.29 is 13.3 Å². The minimum absolute atomic E-state index is 0.0457. The number of nitrogens with one attached hydrogen (secondary N) is 2. The second-order valence-corrected chi connectivity index (χ2v) is 6.79. The predicted octanol–water partition coefficient (Wildman–Crippen LogP) is 1.83. The van der Waals surface area contributed by atoms with Gasteiger partial charge >= 0.3 is 0 Å². The molecule has 9 heteroatoms. The summed E-state index contributed by atoms with van der Waals surface area (Å²) in [5, 5.41) is 14.0. The molecule has 0 amide bonds. The Hall–Kier alpha value is -1.22. The van der Waals surface area contributed by atoms with Gasteiger partial charge in [0.15, 0.2) is 0 Å². The molecule has 1 rings (SSSR count). The Balaban J connectivity index is 3.06. The third kappa shape index (κ3) is 4.63. The van der Waals surface area contributed by atoms with Crippen molar-refractivity contribution in [1.29, 1.82) is 0 Å². The molecule has 0 aliphatic carbocycles. The number of benzene rings is 1. The van der Waals surface area contributed by atoms with Crippen molar-refractivity contribution in [2.24, 2.45) is 0 Å². The number of sulfonamides is 1. The molecule has 0 unspecified atom stereocenters. The highest BCUT2D eigenvalue weighted by Gasteiger charge is 2.22. The average molecular weight is 336 g/mol. The largest absolute Gasteiger partial charge is 0.313 e. The summed E-state index contributed by atoms with van der Waals surface area (Å²) in [6.45, 7) is 6.10. The molecule has 2 N–H and O–H groups in total. The molecular formula is C12H18ClN3O4S. The molecule has 1 aromatic rings. The molecular weight excluding hydrogens is 318 g/mol. The SMILES string of the molecule is CCN[C@H](C)CNS(=O)(=O)c1cc(Cl)c(C)c([N+](=O)[O-])c1. The fourth-order valence-electron chi connectivity index (χ4n) is 1.72. The molecule has 0 aromatic heterocycles. The molecule has 0 bridgehead atoms. The Bertz CT molecular complexity index is 634. The Kier molecular flexibility index (Phi) is 6.09. The van der Waals surface area contributed by atoms with Crippen molar-refractivity contribution in [3.63, 3.8) is 0 Å². The third-order valence-electron chi connectivity index (χ3n) is 2.93. The standard InChI is InChI=1S/C12H18ClN3O4S/c1-4-14-8(2)7-15-21(19,20)10-5-11(13)9(3)12(6-10)16(17)18/h5-6,8,14-15H,4,7H2,1-3H3/t8-/m1/s1. The van der Waals surface area contributed by atoms with Crippen LogP contribution in [0.15, 0.2) is 17.0 Å². The molecule has 0 aliphatic heterocycles. The van der Waals surface area contributed by atoms with E-state index in [0.717, 1.165) is 6.07 Å². The molecule has 0 aliphatic rings. The van der Waals surface area contributed by atoms with Crippen molar-refractivity contribution in [2.75, 3.05) is 13.1 Å². The van der Waals surface area contributed by atoms with Gasteiger partial charge in [0, 0.05) is 24.2 Å². The van der Waals surface area contributed by atoms with Gasteiger partial charge in [0.25, 0.3) is 5.69 Å². The summed E-state index contributed by atoms with van der Waals surface area (Å²) in [6, 6.07) is 2.17. The van der Waals surface area contributed by atoms with Gasteiger partial charge in [-0.2, -0.15) is 0 Å². The summed E-state index contributed by atoms with van der Waals surface area (Å²) < 4.78 is 26.7. The van der Waals surface area contributed by atoms with E-state index in [0.29, 0.717) is 6.54 Å². The fourth-order valence-corrected chi connectivity index (χ4v) is 3.18. The van der Waals surface area contributed by atoms with Crippen LogP contribution in [0.5, 0.6) is 0 Å². The molecule has 0 heterocycles. The van der Waals surface area contributed by atoms with Crippen molar-refractivity contribution in [2.45, 2.75) is 31.7 Å². The summed E-state index contributed by atoms with van der Waals surface area (Å²) in [4.78, 5) is 10.1. The molecule has 1 aromatic carbocycles. The van der Waals surface area contributed by atoms with Gasteiger partial charge in [0.2, 0.25) is 10.0 Å². The van der Waals surface area contributed by atoms with E-state index in [2.05, 4.69) is 10.0 Å². The Morgan fingerprint density at radius 3 is 2.57 bits per heavy atom. The van der Waals surface area contributed by atoms with Gasteiger partial charge in [-0.25, -0.2) is 13.1 Å². The lowest BCUT2D eigenvalue weighted by molar-refractivity contribution is -0.385. The third-order valence-corrected chi connectivity index (χ3v) is 4.73. The molecule has 0 spiro atoms. The van der Waals surface area contributed by atoms with Crippen LogP contribution in [0.3, 0.4) is 0 Å². The van der Waals surface area contributed by atoms with Crippen molar-refractivity contribution >= 4 is 27.3 Å². The fraction of sp³-hybridized carbons (Fsp3) is 0.500. The number of likely N-dealkylation sites (N-methyl/N-ethyl adjacent to an activating group) is 1. The number of hydrogen-bond donors (Lipinski definition) is 2. The molecule has 0 fully saturated rings. The van der Waals surface area contributed by atoms with Crippen LogP contribution in [0.1, 0.15) is 19.4 Å². The van der Waals surface area contributed by atoms with Gasteiger partial charge in [0.1, 0.15) is 0 Å². The van der Waals surface area contributed by atoms with Crippen molar-refractivity contribution in [1.82, 2.24) is 10.0 Å². The summed E-state index contributed by atoms with van der Waals surface area (Å²) in [5.41, 5.74) is -0.0794. The first-order valence-corrected chi connectivity index (χ1v) is 8.22. The van der Waals surface area contributed by atoms with Gasteiger partial charge in [0.05, 0.1) is 14.8 Å². The van der Waals surface area contributed by atoms with Crippen molar-refractivity contribution in [3.05, 3.63) is 32.8 Å². The minimum Gasteiger partial charge on any atom is -0.313 e. The summed E-state index contributed by atoms with van der Waals surface area (Å²) >= 11 is 5.87. The van der Waals surface area contributed by atoms with Crippen LogP contribution in [-0.2, 0) is 10.0 Å². The molecule has 0 saturated heterocycles. The first-order valence-electron chi connectivity index (χ1n) is 6.36. The van der Waals surface area contributed by atoms with E-state index in [1.165, 1.54) is 13.0 Å². The van der Waals surface area contributed by atoms with E-state index in [1.54, 1.807) is 0 Å². The highest BCUT2D eigenvalue weighted by atomic mass is 35.5. The van der Waals surface area contributed by atoms with E-state index in [4.69, 9.17) is 11.6 Å². The lowest BCUT2D eigenvalue weighted by Gasteiger charge is -2.14. The first-order chi connectivity index (χ1) is 9.69. The number of nitro groups is 1. The second kappa shape index (κ2) is 7.17. The monoisotopic (exact) mass is 335 g/mol. The maximum absolute atomic E-state index is 12.2. The maximum Gasteiger partial charge on any atom is 0.275 e. The van der Waals surface area contributed by atoms with Crippen LogP contribution in [0.2, 0.25) is 5.02 Å². The zero-order valence-electron chi connectivity index (χ0n) is 12.0. The van der Waals surface area contributed by atoms with Gasteiger partial charge in [-0.1, -0.05) is 18.5 Å². The molecule has 0 radical (unpaired) electrons. The number of nitrogens with zero attached hydrogens (tertiary/aromatic N) is 1. The lowest BCUT2D eigenvalue weighted by Crippen LogP contribution is -2.38. The van der Waals surface area contributed by atoms with Crippen molar-refractivity contribution in [3.8, 4) is 0 Å². The number of nitro benzene ring substituents is 1. The average Bonchev–Trinajstić information content (AvgIpc) is 2.39. The number of halogens is 1. The highest BCUT2D eigenvalue weighted by Crippen LogP contribution is 2.29. The zero-order valence-corrected chi connectivity index (χ0v) is 13.6. The van der Waals surface area contributed by atoms with E-state index < -0.39 is 14.9 Å². The van der Waals surface area contributed by atoms with Gasteiger partial charge in [-0.05, 0) is 26.5 Å². The van der Waals surface area contributed by atoms with Crippen LogP contribution in [-0.4, -0.2) is 32.5 Å². The summed E-state index contributed by atoms with van der Waals surface area (Å²) in [7, 11) is -3.85.